The topological polar surface area (TPSA) is 68.1 Å². The third-order valence-corrected chi connectivity index (χ3v) is 7.25. The van der Waals surface area contributed by atoms with E-state index in [0.29, 0.717) is 24.9 Å². The average Bonchev–Trinajstić information content (AvgIpc) is 3.23. The molecule has 2 aromatic heterocycles. The van der Waals surface area contributed by atoms with E-state index in [-0.39, 0.29) is 17.4 Å². The number of hydrogen-bond donors (Lipinski definition) is 0. The van der Waals surface area contributed by atoms with Crippen LogP contribution in [0.3, 0.4) is 0 Å². The van der Waals surface area contributed by atoms with Gasteiger partial charge < -0.3 is 4.90 Å². The molecule has 0 spiro atoms. The van der Waals surface area contributed by atoms with Crippen molar-refractivity contribution >= 4 is 38.4 Å². The molecule has 1 aliphatic heterocycles. The van der Waals surface area contributed by atoms with E-state index < -0.39 is 0 Å². The SMILES string of the molecule is Cc1cccc2c(=O)n(CCC(=O)N3CCC[C@@H](c4nc5ccccc5s4)C3)cnc12. The molecule has 0 saturated carbocycles. The van der Waals surface area contributed by atoms with Gasteiger partial charge in [0.1, 0.15) is 0 Å². The summed E-state index contributed by atoms with van der Waals surface area (Å²) in [7, 11) is 0. The molecule has 1 aliphatic rings. The van der Waals surface area contributed by atoms with Gasteiger partial charge in [-0.3, -0.25) is 14.2 Å². The number of carbonyl (C=O) groups is 1. The zero-order chi connectivity index (χ0) is 21.4. The normalized spacial score (nSPS) is 16.8. The molecule has 0 radical (unpaired) electrons. The van der Waals surface area contributed by atoms with Gasteiger partial charge in [-0.2, -0.15) is 0 Å². The van der Waals surface area contributed by atoms with E-state index in [1.54, 1.807) is 28.3 Å². The van der Waals surface area contributed by atoms with E-state index >= 15 is 0 Å². The second kappa shape index (κ2) is 8.23. The minimum Gasteiger partial charge on any atom is -0.342 e. The van der Waals surface area contributed by atoms with Crippen molar-refractivity contribution in [2.75, 3.05) is 13.1 Å². The van der Waals surface area contributed by atoms with Gasteiger partial charge in [0.25, 0.3) is 5.56 Å². The van der Waals surface area contributed by atoms with Crippen molar-refractivity contribution in [3.63, 3.8) is 0 Å². The molecule has 2 aromatic carbocycles. The Balaban J connectivity index is 1.28. The number of rotatable bonds is 4. The van der Waals surface area contributed by atoms with Crippen molar-refractivity contribution in [1.82, 2.24) is 19.4 Å². The number of piperidine rings is 1. The molecule has 1 saturated heterocycles. The Morgan fingerprint density at radius 2 is 2.06 bits per heavy atom. The number of fused-ring (bicyclic) bond motifs is 2. The molecular formula is C24H24N4O2S. The summed E-state index contributed by atoms with van der Waals surface area (Å²) in [4.78, 5) is 36.9. The highest BCUT2D eigenvalue weighted by atomic mass is 32.1. The Hall–Kier alpha value is -3.06. The summed E-state index contributed by atoms with van der Waals surface area (Å²) in [6, 6.07) is 13.8. The highest BCUT2D eigenvalue weighted by Gasteiger charge is 2.26. The van der Waals surface area contributed by atoms with Crippen LogP contribution in [-0.4, -0.2) is 38.4 Å². The van der Waals surface area contributed by atoms with Gasteiger partial charge in [-0.05, 0) is 43.5 Å². The van der Waals surface area contributed by atoms with Gasteiger partial charge >= 0.3 is 0 Å². The molecule has 158 valence electrons. The Morgan fingerprint density at radius 3 is 2.94 bits per heavy atom. The van der Waals surface area contributed by atoms with Crippen LogP contribution in [0.25, 0.3) is 21.1 Å². The first-order valence-electron chi connectivity index (χ1n) is 10.7. The lowest BCUT2D eigenvalue weighted by molar-refractivity contribution is -0.132. The summed E-state index contributed by atoms with van der Waals surface area (Å²) >= 11 is 1.73. The van der Waals surface area contributed by atoms with Crippen LogP contribution in [0.1, 0.15) is 35.8 Å². The Kier molecular flexibility index (Phi) is 5.28. The molecule has 7 heteroatoms. The summed E-state index contributed by atoms with van der Waals surface area (Å²) in [6.45, 7) is 3.75. The molecule has 31 heavy (non-hydrogen) atoms. The van der Waals surface area contributed by atoms with Gasteiger partial charge in [0.15, 0.2) is 0 Å². The van der Waals surface area contributed by atoms with Crippen LogP contribution in [0.5, 0.6) is 0 Å². The zero-order valence-electron chi connectivity index (χ0n) is 17.5. The van der Waals surface area contributed by atoms with E-state index in [4.69, 9.17) is 4.98 Å². The molecule has 0 aliphatic carbocycles. The monoisotopic (exact) mass is 432 g/mol. The predicted molar refractivity (Wildman–Crippen MR) is 124 cm³/mol. The van der Waals surface area contributed by atoms with Crippen molar-refractivity contribution in [2.24, 2.45) is 0 Å². The van der Waals surface area contributed by atoms with Crippen molar-refractivity contribution in [3.8, 4) is 0 Å². The van der Waals surface area contributed by atoms with E-state index in [1.807, 2.05) is 42.2 Å². The van der Waals surface area contributed by atoms with Gasteiger partial charge in [0.2, 0.25) is 5.91 Å². The molecule has 1 atom stereocenters. The molecule has 0 N–H and O–H groups in total. The molecule has 4 aromatic rings. The molecule has 5 rings (SSSR count). The first kappa shape index (κ1) is 19.9. The maximum absolute atomic E-state index is 12.9. The number of nitrogens with zero attached hydrogens (tertiary/aromatic N) is 4. The maximum Gasteiger partial charge on any atom is 0.261 e. The summed E-state index contributed by atoms with van der Waals surface area (Å²) < 4.78 is 2.74. The van der Waals surface area contributed by atoms with Gasteiger partial charge in [-0.15, -0.1) is 11.3 Å². The minimum absolute atomic E-state index is 0.0852. The molecule has 6 nitrogen and oxygen atoms in total. The Morgan fingerprint density at radius 1 is 1.19 bits per heavy atom. The first-order valence-corrected chi connectivity index (χ1v) is 11.5. The number of carbonyl (C=O) groups excluding carboxylic acids is 1. The molecule has 3 heterocycles. The van der Waals surface area contributed by atoms with E-state index in [9.17, 15) is 9.59 Å². The summed E-state index contributed by atoms with van der Waals surface area (Å²) in [6.07, 6.45) is 3.89. The highest BCUT2D eigenvalue weighted by Crippen LogP contribution is 2.33. The average molecular weight is 433 g/mol. The van der Waals surface area contributed by atoms with Crippen LogP contribution in [0, 0.1) is 6.92 Å². The zero-order valence-corrected chi connectivity index (χ0v) is 18.3. The maximum atomic E-state index is 12.9. The number of hydrogen-bond acceptors (Lipinski definition) is 5. The lowest BCUT2D eigenvalue weighted by atomic mass is 9.98. The van der Waals surface area contributed by atoms with Crippen LogP contribution in [-0.2, 0) is 11.3 Å². The molecule has 0 unspecified atom stereocenters. The third-order valence-electron chi connectivity index (χ3n) is 6.06. The van der Waals surface area contributed by atoms with Gasteiger partial charge in [-0.25, -0.2) is 9.97 Å². The number of thiazole rings is 1. The first-order chi connectivity index (χ1) is 15.1. The fourth-order valence-corrected chi connectivity index (χ4v) is 5.43. The van der Waals surface area contributed by atoms with E-state index in [0.717, 1.165) is 41.0 Å². The van der Waals surface area contributed by atoms with Crippen LogP contribution < -0.4 is 5.56 Å². The molecule has 1 fully saturated rings. The summed E-state index contributed by atoms with van der Waals surface area (Å²) in [5.41, 5.74) is 2.65. The number of amides is 1. The van der Waals surface area contributed by atoms with Gasteiger partial charge in [0, 0.05) is 32.0 Å². The van der Waals surface area contributed by atoms with E-state index in [2.05, 4.69) is 11.1 Å². The highest BCUT2D eigenvalue weighted by molar-refractivity contribution is 7.18. The van der Waals surface area contributed by atoms with E-state index in [1.165, 1.54) is 4.70 Å². The fourth-order valence-electron chi connectivity index (χ4n) is 4.34. The van der Waals surface area contributed by atoms with Crippen LogP contribution in [0.2, 0.25) is 0 Å². The predicted octanol–water partition coefficient (Wildman–Crippen LogP) is 4.11. The summed E-state index contributed by atoms with van der Waals surface area (Å²) in [5, 5.41) is 1.72. The molecule has 0 bridgehead atoms. The summed E-state index contributed by atoms with van der Waals surface area (Å²) in [5.74, 6) is 0.366. The largest absolute Gasteiger partial charge is 0.342 e. The van der Waals surface area contributed by atoms with Gasteiger partial charge in [-0.1, -0.05) is 24.3 Å². The molecular weight excluding hydrogens is 408 g/mol. The number of aromatic nitrogens is 3. The second-order valence-electron chi connectivity index (χ2n) is 8.16. The number of aryl methyl sites for hydroxylation is 2. The lowest BCUT2D eigenvalue weighted by Gasteiger charge is -2.32. The van der Waals surface area contributed by atoms with Gasteiger partial charge in [0.05, 0.1) is 32.5 Å². The number of para-hydroxylation sites is 2. The third kappa shape index (κ3) is 3.85. The van der Waals surface area contributed by atoms with Crippen molar-refractivity contribution in [1.29, 1.82) is 0 Å². The second-order valence-corrected chi connectivity index (χ2v) is 9.23. The lowest BCUT2D eigenvalue weighted by Crippen LogP contribution is -2.39. The standard InChI is InChI=1S/C24H24N4O2S/c1-16-6-4-8-18-22(16)25-15-28(24(18)30)13-11-21(29)27-12-5-7-17(14-27)23-26-19-9-2-3-10-20(19)31-23/h2-4,6,8-10,15,17H,5,7,11-14H2,1H3/t17-/m1/s1. The number of benzene rings is 2. The quantitative estimate of drug-likeness (QED) is 0.487. The Bertz CT molecular complexity index is 1290. The molecule has 1 amide bonds. The van der Waals surface area contributed by atoms with Crippen molar-refractivity contribution in [2.45, 2.75) is 38.6 Å². The van der Waals surface area contributed by atoms with Crippen LogP contribution in [0.15, 0.2) is 53.6 Å². The fraction of sp³-hybridized carbons (Fsp3) is 0.333. The minimum atomic E-state index is -0.0903. The smallest absolute Gasteiger partial charge is 0.261 e. The Labute approximate surface area is 184 Å². The van der Waals surface area contributed by atoms with Crippen LogP contribution in [0.4, 0.5) is 0 Å². The van der Waals surface area contributed by atoms with Crippen molar-refractivity contribution < 1.29 is 4.79 Å². The number of likely N-dealkylation sites (tertiary alicyclic amines) is 1. The van der Waals surface area contributed by atoms with Crippen molar-refractivity contribution in [3.05, 3.63) is 69.7 Å². The van der Waals surface area contributed by atoms with Crippen LogP contribution >= 0.6 is 11.3 Å².